The maximum atomic E-state index is 14.2. The Morgan fingerprint density at radius 2 is 1.95 bits per heavy atom. The Balaban J connectivity index is 1.33. The van der Waals surface area contributed by atoms with Gasteiger partial charge in [0.25, 0.3) is 5.91 Å². The smallest absolute Gasteiger partial charge is 0.378 e. The highest BCUT2D eigenvalue weighted by Gasteiger charge is 2.51. The van der Waals surface area contributed by atoms with Crippen molar-refractivity contribution in [2.45, 2.75) is 82.3 Å². The highest BCUT2D eigenvalue weighted by Crippen LogP contribution is 2.50. The van der Waals surface area contributed by atoms with Crippen molar-refractivity contribution < 1.29 is 22.7 Å². The lowest BCUT2D eigenvalue weighted by molar-refractivity contribution is -0.138. The molecule has 0 spiro atoms. The molecule has 2 saturated carbocycles. The molecule has 2 fully saturated rings. The van der Waals surface area contributed by atoms with Gasteiger partial charge < -0.3 is 19.5 Å². The van der Waals surface area contributed by atoms with Crippen LogP contribution in [0.2, 0.25) is 0 Å². The Labute approximate surface area is 231 Å². The highest BCUT2D eigenvalue weighted by molar-refractivity contribution is 6.10. The van der Waals surface area contributed by atoms with E-state index in [1.54, 1.807) is 18.5 Å². The first-order valence-corrected chi connectivity index (χ1v) is 13.9. The van der Waals surface area contributed by atoms with Gasteiger partial charge in [0.15, 0.2) is 0 Å². The van der Waals surface area contributed by atoms with Crippen molar-refractivity contribution in [1.82, 2.24) is 20.1 Å². The average Bonchev–Trinajstić information content (AvgIpc) is 3.45. The van der Waals surface area contributed by atoms with Crippen LogP contribution in [0.15, 0.2) is 42.7 Å². The molecular formula is C30H34F3N5O2. The molecular weight excluding hydrogens is 519 g/mol. The summed E-state index contributed by atoms with van der Waals surface area (Å²) in [6, 6.07) is 10.4. The number of halogens is 3. The van der Waals surface area contributed by atoms with Crippen molar-refractivity contribution in [3.63, 3.8) is 0 Å². The van der Waals surface area contributed by atoms with Crippen LogP contribution in [-0.4, -0.2) is 38.9 Å². The van der Waals surface area contributed by atoms with Crippen LogP contribution in [0, 0.1) is 0 Å². The van der Waals surface area contributed by atoms with Crippen LogP contribution in [0.1, 0.15) is 84.4 Å². The fourth-order valence-corrected chi connectivity index (χ4v) is 6.54. The minimum atomic E-state index is -4.56. The van der Waals surface area contributed by atoms with Gasteiger partial charge in [-0.25, -0.2) is 0 Å². The Bertz CT molecular complexity index is 1440. The number of alkyl halides is 3. The summed E-state index contributed by atoms with van der Waals surface area (Å²) in [5.41, 5.74) is 0.885. The Morgan fingerprint density at radius 3 is 2.58 bits per heavy atom. The zero-order valence-electron chi connectivity index (χ0n) is 23.0. The van der Waals surface area contributed by atoms with Gasteiger partial charge in [0, 0.05) is 37.0 Å². The maximum absolute atomic E-state index is 14.2. The predicted octanol–water partition coefficient (Wildman–Crippen LogP) is 5.51. The molecule has 0 saturated heterocycles. The van der Waals surface area contributed by atoms with E-state index in [4.69, 9.17) is 4.74 Å². The standard InChI is InChI=1S/C30H34F3N5O2/c1-4-40-22-14-29(15-22,27-36-35-18-37(27)3)20-7-5-8-21(13-20)38-17-24-23(26(38)39)11-19(12-25(24)30(31,32)33)16-34-28(2)9-6-10-28/h5,7-8,11-13,18,22,34H,4,6,9-10,14-17H2,1-3H3. The summed E-state index contributed by atoms with van der Waals surface area (Å²) in [6.45, 7) is 4.82. The zero-order valence-corrected chi connectivity index (χ0v) is 23.0. The van der Waals surface area contributed by atoms with Crippen LogP contribution in [0.4, 0.5) is 18.9 Å². The monoisotopic (exact) mass is 553 g/mol. The summed E-state index contributed by atoms with van der Waals surface area (Å²) < 4.78 is 50.4. The van der Waals surface area contributed by atoms with E-state index < -0.39 is 23.1 Å². The number of amides is 1. The maximum Gasteiger partial charge on any atom is 0.416 e. The van der Waals surface area contributed by atoms with Gasteiger partial charge in [-0.2, -0.15) is 13.2 Å². The number of aryl methyl sites for hydroxylation is 1. The minimum Gasteiger partial charge on any atom is -0.378 e. The van der Waals surface area contributed by atoms with Crippen molar-refractivity contribution in [3.8, 4) is 0 Å². The number of benzene rings is 2. The van der Waals surface area contributed by atoms with Crippen molar-refractivity contribution in [2.75, 3.05) is 11.5 Å². The first-order valence-electron chi connectivity index (χ1n) is 13.9. The fraction of sp³-hybridized carbons (Fsp3) is 0.500. The Hall–Kier alpha value is -3.24. The molecule has 212 valence electrons. The lowest BCUT2D eigenvalue weighted by Crippen LogP contribution is -2.48. The third-order valence-electron chi connectivity index (χ3n) is 8.99. The molecule has 0 atom stereocenters. The lowest BCUT2D eigenvalue weighted by atomic mass is 9.62. The molecule has 0 unspecified atom stereocenters. The van der Waals surface area contributed by atoms with E-state index in [0.717, 1.165) is 30.7 Å². The van der Waals surface area contributed by atoms with Crippen LogP contribution < -0.4 is 10.2 Å². The van der Waals surface area contributed by atoms with Crippen LogP contribution in [0.25, 0.3) is 0 Å². The number of hydrogen-bond donors (Lipinski definition) is 1. The van der Waals surface area contributed by atoms with Crippen LogP contribution in [0.3, 0.4) is 0 Å². The van der Waals surface area contributed by atoms with Gasteiger partial charge in [-0.05, 0) is 86.9 Å². The second-order valence-corrected chi connectivity index (χ2v) is 11.7. The van der Waals surface area contributed by atoms with Gasteiger partial charge >= 0.3 is 6.18 Å². The number of hydrogen-bond acceptors (Lipinski definition) is 5. The molecule has 7 nitrogen and oxygen atoms in total. The van der Waals surface area contributed by atoms with E-state index in [2.05, 4.69) is 22.4 Å². The van der Waals surface area contributed by atoms with Gasteiger partial charge in [-0.15, -0.1) is 10.2 Å². The van der Waals surface area contributed by atoms with E-state index in [-0.39, 0.29) is 35.9 Å². The van der Waals surface area contributed by atoms with Gasteiger partial charge in [-0.3, -0.25) is 4.79 Å². The van der Waals surface area contributed by atoms with E-state index in [9.17, 15) is 18.0 Å². The number of anilines is 1. The largest absolute Gasteiger partial charge is 0.416 e. The second-order valence-electron chi connectivity index (χ2n) is 11.7. The number of fused-ring (bicyclic) bond motifs is 1. The predicted molar refractivity (Wildman–Crippen MR) is 144 cm³/mol. The molecule has 10 heteroatoms. The number of nitrogens with zero attached hydrogens (tertiary/aromatic N) is 4. The first-order chi connectivity index (χ1) is 19.0. The summed E-state index contributed by atoms with van der Waals surface area (Å²) in [4.78, 5) is 15.1. The molecule has 0 bridgehead atoms. The number of nitrogens with one attached hydrogen (secondary N) is 1. The van der Waals surface area contributed by atoms with Gasteiger partial charge in [0.1, 0.15) is 12.2 Å². The molecule has 1 aliphatic heterocycles. The highest BCUT2D eigenvalue weighted by atomic mass is 19.4. The lowest BCUT2D eigenvalue weighted by Gasteiger charge is -2.47. The molecule has 3 aliphatic rings. The molecule has 2 aliphatic carbocycles. The van der Waals surface area contributed by atoms with Crippen LogP contribution in [0.5, 0.6) is 0 Å². The van der Waals surface area contributed by atoms with Crippen molar-refractivity contribution in [3.05, 3.63) is 76.4 Å². The number of rotatable bonds is 8. The minimum absolute atomic E-state index is 0.0320. The van der Waals surface area contributed by atoms with Crippen LogP contribution in [-0.2, 0) is 36.5 Å². The third kappa shape index (κ3) is 4.51. The van der Waals surface area contributed by atoms with E-state index in [0.29, 0.717) is 30.7 Å². The molecule has 40 heavy (non-hydrogen) atoms. The fourth-order valence-electron chi connectivity index (χ4n) is 6.54. The molecule has 3 aromatic rings. The van der Waals surface area contributed by atoms with Crippen molar-refractivity contribution in [1.29, 1.82) is 0 Å². The average molecular weight is 554 g/mol. The zero-order chi connectivity index (χ0) is 28.3. The first kappa shape index (κ1) is 27.0. The Kier molecular flexibility index (Phi) is 6.53. The third-order valence-corrected chi connectivity index (χ3v) is 8.99. The summed E-state index contributed by atoms with van der Waals surface area (Å²) in [5, 5.41) is 11.9. The molecule has 1 amide bonds. The normalized spacial score (nSPS) is 23.6. The van der Waals surface area contributed by atoms with Gasteiger partial charge in [0.05, 0.1) is 23.6 Å². The molecule has 2 aromatic carbocycles. The van der Waals surface area contributed by atoms with Crippen molar-refractivity contribution in [2.24, 2.45) is 7.05 Å². The van der Waals surface area contributed by atoms with Gasteiger partial charge in [0.2, 0.25) is 0 Å². The summed E-state index contributed by atoms with van der Waals surface area (Å²) in [6.07, 6.45) is 1.68. The summed E-state index contributed by atoms with van der Waals surface area (Å²) >= 11 is 0. The van der Waals surface area contributed by atoms with Crippen molar-refractivity contribution >= 4 is 11.6 Å². The second kappa shape index (κ2) is 9.69. The Morgan fingerprint density at radius 1 is 1.18 bits per heavy atom. The number of carbonyl (C=O) groups is 1. The van der Waals surface area contributed by atoms with E-state index in [1.165, 1.54) is 11.0 Å². The summed E-state index contributed by atoms with van der Waals surface area (Å²) in [7, 11) is 1.89. The van der Waals surface area contributed by atoms with E-state index >= 15 is 0 Å². The molecule has 2 heterocycles. The quantitative estimate of drug-likeness (QED) is 0.398. The molecule has 0 radical (unpaired) electrons. The number of carbonyl (C=O) groups excluding carboxylic acids is 1. The van der Waals surface area contributed by atoms with E-state index in [1.807, 2.05) is 36.7 Å². The SMILES string of the molecule is CCOC1CC(c2cccc(N3Cc4c(cc(CNC5(C)CCC5)cc4C(F)(F)F)C3=O)c2)(c2nncn2C)C1. The molecule has 6 rings (SSSR count). The molecule has 1 aromatic heterocycles. The number of aromatic nitrogens is 3. The number of ether oxygens (including phenoxy) is 1. The summed E-state index contributed by atoms with van der Waals surface area (Å²) in [5.74, 6) is 0.385. The topological polar surface area (TPSA) is 72.3 Å². The van der Waals surface area contributed by atoms with Crippen LogP contribution >= 0.6 is 0 Å². The van der Waals surface area contributed by atoms with Gasteiger partial charge in [-0.1, -0.05) is 12.1 Å². The molecule has 1 N–H and O–H groups in total.